The fourth-order valence-electron chi connectivity index (χ4n) is 1.89. The van der Waals surface area contributed by atoms with Crippen LogP contribution in [0.15, 0.2) is 16.6 Å². The molecular formula is C12H9BrF6N2O. The van der Waals surface area contributed by atoms with E-state index in [0.29, 0.717) is 10.6 Å². The molecule has 0 atom stereocenters. The van der Waals surface area contributed by atoms with Crippen LogP contribution in [-0.4, -0.2) is 16.2 Å². The minimum atomic E-state index is -4.80. The molecule has 1 heterocycles. The molecule has 2 aromatic rings. The van der Waals surface area contributed by atoms with Gasteiger partial charge in [-0.05, 0) is 19.1 Å². The van der Waals surface area contributed by atoms with Crippen molar-refractivity contribution in [1.29, 1.82) is 0 Å². The molecule has 10 heteroatoms. The molecule has 3 nitrogen and oxygen atoms in total. The number of benzene rings is 1. The molecular weight excluding hydrogens is 382 g/mol. The van der Waals surface area contributed by atoms with E-state index in [2.05, 4.69) is 20.9 Å². The number of imidazole rings is 1. The predicted molar refractivity (Wildman–Crippen MR) is 69.1 cm³/mol. The van der Waals surface area contributed by atoms with Crippen LogP contribution in [0, 0.1) is 0 Å². The van der Waals surface area contributed by atoms with Gasteiger partial charge < -0.3 is 4.74 Å². The van der Waals surface area contributed by atoms with E-state index in [9.17, 15) is 26.3 Å². The summed E-state index contributed by atoms with van der Waals surface area (Å²) in [6.07, 6.45) is -9.50. The van der Waals surface area contributed by atoms with Crippen molar-refractivity contribution >= 4 is 27.0 Å². The molecule has 0 bridgehead atoms. The van der Waals surface area contributed by atoms with Crippen LogP contribution in [0.25, 0.3) is 11.0 Å². The lowest BCUT2D eigenvalue weighted by Crippen LogP contribution is -2.16. The largest absolute Gasteiger partial charge is 0.449 e. The third kappa shape index (κ3) is 3.22. The lowest BCUT2D eigenvalue weighted by Gasteiger charge is -2.12. The molecule has 0 saturated heterocycles. The molecule has 0 saturated carbocycles. The van der Waals surface area contributed by atoms with Gasteiger partial charge in [0.05, 0.1) is 16.6 Å². The third-order valence-electron chi connectivity index (χ3n) is 2.82. The maximum absolute atomic E-state index is 13.0. The van der Waals surface area contributed by atoms with Gasteiger partial charge in [0.2, 0.25) is 5.82 Å². The molecule has 0 radical (unpaired) electrons. The fourth-order valence-corrected chi connectivity index (χ4v) is 2.45. The van der Waals surface area contributed by atoms with E-state index in [-0.39, 0.29) is 16.6 Å². The minimum Gasteiger partial charge on any atom is -0.361 e. The zero-order chi connectivity index (χ0) is 16.7. The van der Waals surface area contributed by atoms with Gasteiger partial charge in [-0.3, -0.25) is 4.57 Å². The van der Waals surface area contributed by atoms with Crippen LogP contribution in [0.2, 0.25) is 0 Å². The first-order valence-electron chi connectivity index (χ1n) is 5.97. The van der Waals surface area contributed by atoms with Gasteiger partial charge in [0.15, 0.2) is 0 Å². The Labute approximate surface area is 129 Å². The molecule has 0 N–H and O–H groups in total. The van der Waals surface area contributed by atoms with E-state index >= 15 is 0 Å². The molecule has 1 aromatic heterocycles. The highest BCUT2D eigenvalue weighted by atomic mass is 79.9. The summed E-state index contributed by atoms with van der Waals surface area (Å²) in [7, 11) is 0. The first kappa shape index (κ1) is 17.1. The van der Waals surface area contributed by atoms with Crippen molar-refractivity contribution in [3.8, 4) is 0 Å². The normalized spacial score (nSPS) is 13.1. The SMILES string of the molecule is CCOCn1c(C(F)(F)F)nc2cc(C(F)(F)F)c(Br)cc21. The number of hydrogen-bond acceptors (Lipinski definition) is 2. The van der Waals surface area contributed by atoms with Crippen molar-refractivity contribution in [2.24, 2.45) is 0 Å². The molecule has 2 rings (SSSR count). The molecule has 122 valence electrons. The number of aromatic nitrogens is 2. The topological polar surface area (TPSA) is 27.1 Å². The van der Waals surface area contributed by atoms with E-state index in [1.807, 2.05) is 0 Å². The summed E-state index contributed by atoms with van der Waals surface area (Å²) < 4.78 is 82.6. The van der Waals surface area contributed by atoms with Gasteiger partial charge in [-0.2, -0.15) is 26.3 Å². The van der Waals surface area contributed by atoms with E-state index in [4.69, 9.17) is 4.74 Å². The standard InChI is InChI=1S/C12H9BrF6N2O/c1-2-22-5-21-9-4-7(13)6(11(14,15)16)3-8(9)20-10(21)12(17,18)19/h3-4H,2,5H2,1H3. The molecule has 0 aliphatic heterocycles. The van der Waals surface area contributed by atoms with Crippen molar-refractivity contribution in [3.05, 3.63) is 28.0 Å². The molecule has 0 spiro atoms. The smallest absolute Gasteiger partial charge is 0.361 e. The van der Waals surface area contributed by atoms with Gasteiger partial charge in [0, 0.05) is 11.1 Å². The second-order valence-electron chi connectivity index (χ2n) is 4.30. The van der Waals surface area contributed by atoms with Crippen LogP contribution in [0.5, 0.6) is 0 Å². The number of halogens is 7. The molecule has 0 fully saturated rings. The van der Waals surface area contributed by atoms with Gasteiger partial charge >= 0.3 is 12.4 Å². The quantitative estimate of drug-likeness (QED) is 0.701. The van der Waals surface area contributed by atoms with Crippen molar-refractivity contribution in [1.82, 2.24) is 9.55 Å². The number of fused-ring (bicyclic) bond motifs is 1. The monoisotopic (exact) mass is 390 g/mol. The summed E-state index contributed by atoms with van der Waals surface area (Å²) in [6.45, 7) is 1.28. The zero-order valence-electron chi connectivity index (χ0n) is 11.0. The second-order valence-corrected chi connectivity index (χ2v) is 5.16. The highest BCUT2D eigenvalue weighted by Crippen LogP contribution is 2.39. The Hall–Kier alpha value is -1.29. The highest BCUT2D eigenvalue weighted by Gasteiger charge is 2.39. The molecule has 0 unspecified atom stereocenters. The lowest BCUT2D eigenvalue weighted by atomic mass is 10.2. The average Bonchev–Trinajstić information content (AvgIpc) is 2.72. The highest BCUT2D eigenvalue weighted by molar-refractivity contribution is 9.10. The Morgan fingerprint density at radius 1 is 1.14 bits per heavy atom. The first-order valence-corrected chi connectivity index (χ1v) is 6.77. The molecule has 0 aliphatic rings. The third-order valence-corrected chi connectivity index (χ3v) is 3.48. The summed E-state index contributed by atoms with van der Waals surface area (Å²) in [5, 5.41) is 0. The molecule has 0 aliphatic carbocycles. The Kier molecular flexibility index (Phi) is 4.44. The summed E-state index contributed by atoms with van der Waals surface area (Å²) in [5.74, 6) is -1.30. The second kappa shape index (κ2) is 5.73. The molecule has 22 heavy (non-hydrogen) atoms. The van der Waals surface area contributed by atoms with Crippen molar-refractivity contribution in [2.45, 2.75) is 26.0 Å². The van der Waals surface area contributed by atoms with Crippen LogP contribution in [-0.2, 0) is 23.8 Å². The first-order chi connectivity index (χ1) is 10.1. The van der Waals surface area contributed by atoms with Gasteiger partial charge in [-0.15, -0.1) is 0 Å². The van der Waals surface area contributed by atoms with Crippen LogP contribution in [0.1, 0.15) is 18.3 Å². The van der Waals surface area contributed by atoms with Gasteiger partial charge in [0.1, 0.15) is 6.73 Å². The van der Waals surface area contributed by atoms with E-state index < -0.39 is 36.0 Å². The van der Waals surface area contributed by atoms with Crippen LogP contribution in [0.4, 0.5) is 26.3 Å². The van der Waals surface area contributed by atoms with Gasteiger partial charge in [-0.25, -0.2) is 4.98 Å². The fraction of sp³-hybridized carbons (Fsp3) is 0.417. The Morgan fingerprint density at radius 3 is 2.27 bits per heavy atom. The lowest BCUT2D eigenvalue weighted by molar-refractivity contribution is -0.149. The van der Waals surface area contributed by atoms with Crippen molar-refractivity contribution in [3.63, 3.8) is 0 Å². The average molecular weight is 391 g/mol. The number of nitrogens with zero attached hydrogens (tertiary/aromatic N) is 2. The zero-order valence-corrected chi connectivity index (χ0v) is 12.6. The number of ether oxygens (including phenoxy) is 1. The van der Waals surface area contributed by atoms with Gasteiger partial charge in [-0.1, -0.05) is 15.9 Å². The Balaban J connectivity index is 2.71. The number of alkyl halides is 6. The number of hydrogen-bond donors (Lipinski definition) is 0. The Bertz CT molecular complexity index is 691. The number of rotatable bonds is 3. The van der Waals surface area contributed by atoms with Crippen LogP contribution < -0.4 is 0 Å². The summed E-state index contributed by atoms with van der Waals surface area (Å²) in [4.78, 5) is 3.29. The van der Waals surface area contributed by atoms with Crippen LogP contribution >= 0.6 is 15.9 Å². The summed E-state index contributed by atoms with van der Waals surface area (Å²) in [6, 6.07) is 1.54. The predicted octanol–water partition coefficient (Wildman–Crippen LogP) is 4.83. The maximum Gasteiger partial charge on any atom is 0.449 e. The Morgan fingerprint density at radius 2 is 1.77 bits per heavy atom. The van der Waals surface area contributed by atoms with E-state index in [1.165, 1.54) is 0 Å². The molecule has 1 aromatic carbocycles. The van der Waals surface area contributed by atoms with Gasteiger partial charge in [0.25, 0.3) is 0 Å². The van der Waals surface area contributed by atoms with E-state index in [0.717, 1.165) is 6.07 Å². The summed E-state index contributed by atoms with van der Waals surface area (Å²) >= 11 is 2.73. The van der Waals surface area contributed by atoms with E-state index in [1.54, 1.807) is 6.92 Å². The van der Waals surface area contributed by atoms with Crippen LogP contribution in [0.3, 0.4) is 0 Å². The maximum atomic E-state index is 13.0. The van der Waals surface area contributed by atoms with Crippen molar-refractivity contribution in [2.75, 3.05) is 6.61 Å². The summed E-state index contributed by atoms with van der Waals surface area (Å²) in [5.41, 5.74) is -1.59. The minimum absolute atomic E-state index is 0.0966. The van der Waals surface area contributed by atoms with Crippen molar-refractivity contribution < 1.29 is 31.1 Å². The molecule has 0 amide bonds.